The van der Waals surface area contributed by atoms with Gasteiger partial charge in [-0.3, -0.25) is 4.79 Å². The minimum absolute atomic E-state index is 0.0784. The Hall–Kier alpha value is -1.74. The average molecular weight is 283 g/mol. The molecule has 2 nitrogen and oxygen atoms in total. The van der Waals surface area contributed by atoms with Crippen molar-refractivity contribution in [2.24, 2.45) is 0 Å². The molecule has 0 bridgehead atoms. The number of hydrogen-bond acceptors (Lipinski definition) is 2. The molecular weight excluding hydrogens is 266 g/mol. The summed E-state index contributed by atoms with van der Waals surface area (Å²) < 4.78 is 0. The minimum atomic E-state index is 0.0784. The van der Waals surface area contributed by atoms with E-state index in [9.17, 15) is 4.79 Å². The van der Waals surface area contributed by atoms with E-state index in [2.05, 4.69) is 49.5 Å². The summed E-state index contributed by atoms with van der Waals surface area (Å²) >= 11 is 1.69. The first-order valence-corrected chi connectivity index (χ1v) is 7.77. The highest BCUT2D eigenvalue weighted by Crippen LogP contribution is 2.41. The van der Waals surface area contributed by atoms with Crippen LogP contribution in [0.25, 0.3) is 0 Å². The first-order valence-electron chi connectivity index (χ1n) is 6.72. The fraction of sp³-hybridized carbons (Fsp3) is 0.235. The van der Waals surface area contributed by atoms with Gasteiger partial charge in [0.2, 0.25) is 5.91 Å². The van der Waals surface area contributed by atoms with Gasteiger partial charge in [0.25, 0.3) is 0 Å². The Bertz CT molecular complexity index is 649. The van der Waals surface area contributed by atoms with Gasteiger partial charge in [0.15, 0.2) is 0 Å². The van der Waals surface area contributed by atoms with Gasteiger partial charge in [-0.15, -0.1) is 11.8 Å². The van der Waals surface area contributed by atoms with E-state index in [1.807, 2.05) is 12.1 Å². The number of anilines is 1. The maximum atomic E-state index is 11.8. The van der Waals surface area contributed by atoms with Crippen LogP contribution in [0.5, 0.6) is 0 Å². The highest BCUT2D eigenvalue weighted by Gasteiger charge is 2.23. The Labute approximate surface area is 123 Å². The van der Waals surface area contributed by atoms with Crippen LogP contribution in [0.2, 0.25) is 0 Å². The lowest BCUT2D eigenvalue weighted by Crippen LogP contribution is -2.12. The van der Waals surface area contributed by atoms with Crippen molar-refractivity contribution in [2.75, 3.05) is 11.1 Å². The predicted molar refractivity (Wildman–Crippen MR) is 85.3 cm³/mol. The van der Waals surface area contributed by atoms with Gasteiger partial charge in [0, 0.05) is 5.69 Å². The number of aryl methyl sites for hydroxylation is 2. The zero-order chi connectivity index (χ0) is 14.1. The lowest BCUT2D eigenvalue weighted by molar-refractivity contribution is -0.113. The van der Waals surface area contributed by atoms with Crippen molar-refractivity contribution >= 4 is 23.4 Å². The molecule has 2 aromatic rings. The fourth-order valence-corrected chi connectivity index (χ4v) is 3.58. The molecule has 3 rings (SSSR count). The second-order valence-electron chi connectivity index (χ2n) is 5.24. The van der Waals surface area contributed by atoms with Gasteiger partial charge < -0.3 is 5.32 Å². The smallest absolute Gasteiger partial charge is 0.234 e. The average Bonchev–Trinajstić information content (AvgIpc) is 2.58. The number of carbonyl (C=O) groups excluding carboxylic acids is 1. The highest BCUT2D eigenvalue weighted by atomic mass is 32.2. The molecule has 0 saturated carbocycles. The molecule has 3 heteroatoms. The summed E-state index contributed by atoms with van der Waals surface area (Å²) in [7, 11) is 0. The summed E-state index contributed by atoms with van der Waals surface area (Å²) in [6.07, 6.45) is 0. The van der Waals surface area contributed by atoms with Crippen molar-refractivity contribution in [1.82, 2.24) is 0 Å². The molecule has 1 heterocycles. The van der Waals surface area contributed by atoms with Crippen LogP contribution in [0.15, 0.2) is 42.5 Å². The monoisotopic (exact) mass is 283 g/mol. The number of benzene rings is 2. The van der Waals surface area contributed by atoms with Gasteiger partial charge >= 0.3 is 0 Å². The maximum absolute atomic E-state index is 11.8. The predicted octanol–water partition coefficient (Wildman–Crippen LogP) is 4.08. The van der Waals surface area contributed by atoms with Crippen molar-refractivity contribution in [3.05, 3.63) is 64.7 Å². The number of hydrogen-bond donors (Lipinski definition) is 1. The van der Waals surface area contributed by atoms with Crippen LogP contribution in [0.1, 0.15) is 27.5 Å². The van der Waals surface area contributed by atoms with Gasteiger partial charge in [0.05, 0.1) is 11.0 Å². The van der Waals surface area contributed by atoms with E-state index in [0.29, 0.717) is 5.75 Å². The molecule has 0 fully saturated rings. The normalized spacial score (nSPS) is 18.1. The molecule has 1 atom stereocenters. The molecule has 1 aliphatic heterocycles. The molecular formula is C17H17NOS. The molecule has 0 aliphatic carbocycles. The van der Waals surface area contributed by atoms with Gasteiger partial charge in [-0.25, -0.2) is 0 Å². The first kappa shape index (κ1) is 13.3. The lowest BCUT2D eigenvalue weighted by atomic mass is 9.99. The first-order chi connectivity index (χ1) is 9.63. The molecule has 1 N–H and O–H groups in total. The summed E-state index contributed by atoms with van der Waals surface area (Å²) in [5.74, 6) is 0.571. The Balaban J connectivity index is 2.09. The second kappa shape index (κ2) is 5.33. The van der Waals surface area contributed by atoms with Crippen LogP contribution in [-0.4, -0.2) is 11.7 Å². The molecule has 1 amide bonds. The van der Waals surface area contributed by atoms with Crippen LogP contribution in [-0.2, 0) is 4.79 Å². The summed E-state index contributed by atoms with van der Waals surface area (Å²) in [6, 6.07) is 14.8. The van der Waals surface area contributed by atoms with Crippen LogP contribution in [0.4, 0.5) is 5.69 Å². The zero-order valence-electron chi connectivity index (χ0n) is 11.6. The molecule has 1 aliphatic rings. The van der Waals surface area contributed by atoms with E-state index in [1.165, 1.54) is 22.3 Å². The van der Waals surface area contributed by atoms with E-state index in [0.717, 1.165) is 5.69 Å². The van der Waals surface area contributed by atoms with Crippen molar-refractivity contribution in [3.63, 3.8) is 0 Å². The number of thioether (sulfide) groups is 1. The van der Waals surface area contributed by atoms with E-state index < -0.39 is 0 Å². The number of carbonyl (C=O) groups is 1. The number of rotatable bonds is 1. The Morgan fingerprint density at radius 2 is 1.75 bits per heavy atom. The zero-order valence-corrected chi connectivity index (χ0v) is 12.5. The number of amides is 1. The molecule has 0 saturated heterocycles. The maximum Gasteiger partial charge on any atom is 0.234 e. The molecule has 2 aromatic carbocycles. The molecule has 0 radical (unpaired) electrons. The number of fused-ring (bicyclic) bond motifs is 1. The topological polar surface area (TPSA) is 29.1 Å². The summed E-state index contributed by atoms with van der Waals surface area (Å²) in [5, 5.41) is 3.21. The third-order valence-corrected chi connectivity index (χ3v) is 4.81. The van der Waals surface area contributed by atoms with E-state index >= 15 is 0 Å². The standard InChI is InChI=1S/C17H17NOS/c1-11-3-6-13(7-4-11)17-14-9-12(2)5-8-15(14)18-16(19)10-20-17/h3-9,17H,10H2,1-2H3,(H,18,19)/t17-/m1/s1. The van der Waals surface area contributed by atoms with Crippen LogP contribution in [0, 0.1) is 13.8 Å². The van der Waals surface area contributed by atoms with E-state index in [-0.39, 0.29) is 11.2 Å². The molecule has 0 spiro atoms. The molecule has 20 heavy (non-hydrogen) atoms. The van der Waals surface area contributed by atoms with Gasteiger partial charge in [-0.05, 0) is 31.0 Å². The molecule has 102 valence electrons. The SMILES string of the molecule is Cc1ccc([C@H]2SCC(=O)Nc3ccc(C)cc32)cc1. The Morgan fingerprint density at radius 1 is 1.05 bits per heavy atom. The molecule has 0 unspecified atom stereocenters. The van der Waals surface area contributed by atoms with Crippen molar-refractivity contribution in [1.29, 1.82) is 0 Å². The van der Waals surface area contributed by atoms with Gasteiger partial charge in [0.1, 0.15) is 0 Å². The largest absolute Gasteiger partial charge is 0.325 e. The third kappa shape index (κ3) is 2.59. The van der Waals surface area contributed by atoms with Crippen LogP contribution in [0.3, 0.4) is 0 Å². The van der Waals surface area contributed by atoms with E-state index in [4.69, 9.17) is 0 Å². The fourth-order valence-electron chi connectivity index (χ4n) is 2.47. The quantitative estimate of drug-likeness (QED) is 0.854. The van der Waals surface area contributed by atoms with Crippen LogP contribution >= 0.6 is 11.8 Å². The van der Waals surface area contributed by atoms with Crippen molar-refractivity contribution in [2.45, 2.75) is 19.1 Å². The number of nitrogens with one attached hydrogen (secondary N) is 1. The minimum Gasteiger partial charge on any atom is -0.325 e. The Morgan fingerprint density at radius 3 is 2.50 bits per heavy atom. The lowest BCUT2D eigenvalue weighted by Gasteiger charge is -2.17. The van der Waals surface area contributed by atoms with E-state index in [1.54, 1.807) is 11.8 Å². The van der Waals surface area contributed by atoms with Gasteiger partial charge in [-0.1, -0.05) is 47.5 Å². The highest BCUT2D eigenvalue weighted by molar-refractivity contribution is 8.00. The summed E-state index contributed by atoms with van der Waals surface area (Å²) in [6.45, 7) is 4.18. The molecule has 0 aromatic heterocycles. The van der Waals surface area contributed by atoms with Crippen molar-refractivity contribution < 1.29 is 4.79 Å². The summed E-state index contributed by atoms with van der Waals surface area (Å²) in [4.78, 5) is 11.8. The van der Waals surface area contributed by atoms with Crippen molar-refractivity contribution in [3.8, 4) is 0 Å². The van der Waals surface area contributed by atoms with Crippen LogP contribution < -0.4 is 5.32 Å². The third-order valence-electron chi connectivity index (χ3n) is 3.52. The second-order valence-corrected chi connectivity index (χ2v) is 6.33. The Kier molecular flexibility index (Phi) is 3.53. The van der Waals surface area contributed by atoms with Gasteiger partial charge in [-0.2, -0.15) is 0 Å². The summed E-state index contributed by atoms with van der Waals surface area (Å²) in [5.41, 5.74) is 5.87.